The summed E-state index contributed by atoms with van der Waals surface area (Å²) < 4.78 is 0. The molecule has 3 nitrogen and oxygen atoms in total. The molecular weight excluding hydrogens is 144 g/mol. The summed E-state index contributed by atoms with van der Waals surface area (Å²) in [6, 6.07) is 0. The Bertz CT molecular complexity index is 132. The Morgan fingerprint density at radius 2 is 1.73 bits per heavy atom. The van der Waals surface area contributed by atoms with E-state index in [0.717, 1.165) is 12.5 Å². The summed E-state index contributed by atoms with van der Waals surface area (Å²) >= 11 is 0. The SMILES string of the molecule is CC(=O)O.CC=C(C)C(C)O. The Balaban J connectivity index is 0. The number of aliphatic carboxylic acids is 1. The van der Waals surface area contributed by atoms with Crippen molar-refractivity contribution in [2.75, 3.05) is 0 Å². The maximum absolute atomic E-state index is 9.00. The molecule has 0 aliphatic carbocycles. The predicted octanol–water partition coefficient (Wildman–Crippen LogP) is 1.42. The molecule has 0 saturated heterocycles. The molecule has 0 fully saturated rings. The molecule has 2 N–H and O–H groups in total. The van der Waals surface area contributed by atoms with Gasteiger partial charge >= 0.3 is 0 Å². The van der Waals surface area contributed by atoms with Gasteiger partial charge in [0, 0.05) is 6.92 Å². The molecule has 0 aliphatic heterocycles. The lowest BCUT2D eigenvalue weighted by Crippen LogP contribution is -1.99. The molecule has 0 rings (SSSR count). The summed E-state index contributed by atoms with van der Waals surface area (Å²) in [5.41, 5.74) is 1.03. The maximum atomic E-state index is 9.00. The molecule has 3 heteroatoms. The second-order valence-electron chi connectivity index (χ2n) is 2.23. The first-order valence-electron chi connectivity index (χ1n) is 3.42. The van der Waals surface area contributed by atoms with Crippen molar-refractivity contribution >= 4 is 5.97 Å². The van der Waals surface area contributed by atoms with Gasteiger partial charge in [-0.1, -0.05) is 6.08 Å². The monoisotopic (exact) mass is 160 g/mol. The van der Waals surface area contributed by atoms with E-state index in [4.69, 9.17) is 15.0 Å². The third kappa shape index (κ3) is 17.6. The predicted molar refractivity (Wildman–Crippen MR) is 44.4 cm³/mol. The van der Waals surface area contributed by atoms with Crippen molar-refractivity contribution in [3.8, 4) is 0 Å². The van der Waals surface area contributed by atoms with Gasteiger partial charge in [-0.2, -0.15) is 0 Å². The zero-order valence-corrected chi connectivity index (χ0v) is 7.46. The van der Waals surface area contributed by atoms with Crippen molar-refractivity contribution in [1.82, 2.24) is 0 Å². The molecule has 0 spiro atoms. The summed E-state index contributed by atoms with van der Waals surface area (Å²) in [5, 5.41) is 16.2. The number of carbonyl (C=O) groups is 1. The Morgan fingerprint density at radius 1 is 1.45 bits per heavy atom. The average molecular weight is 160 g/mol. The van der Waals surface area contributed by atoms with E-state index in [1.54, 1.807) is 6.92 Å². The van der Waals surface area contributed by atoms with Crippen LogP contribution in [0.4, 0.5) is 0 Å². The van der Waals surface area contributed by atoms with Crippen LogP contribution in [-0.4, -0.2) is 22.3 Å². The fraction of sp³-hybridized carbons (Fsp3) is 0.625. The van der Waals surface area contributed by atoms with Crippen molar-refractivity contribution in [3.63, 3.8) is 0 Å². The van der Waals surface area contributed by atoms with Crippen molar-refractivity contribution in [1.29, 1.82) is 0 Å². The van der Waals surface area contributed by atoms with E-state index < -0.39 is 5.97 Å². The number of rotatable bonds is 1. The summed E-state index contributed by atoms with van der Waals surface area (Å²) in [6.45, 7) is 6.67. The summed E-state index contributed by atoms with van der Waals surface area (Å²) in [7, 11) is 0. The van der Waals surface area contributed by atoms with Crippen molar-refractivity contribution in [3.05, 3.63) is 11.6 Å². The van der Waals surface area contributed by atoms with Gasteiger partial charge in [-0.3, -0.25) is 4.79 Å². The van der Waals surface area contributed by atoms with E-state index >= 15 is 0 Å². The largest absolute Gasteiger partial charge is 0.481 e. The summed E-state index contributed by atoms with van der Waals surface area (Å²) in [4.78, 5) is 9.00. The third-order valence-electron chi connectivity index (χ3n) is 1.11. The van der Waals surface area contributed by atoms with Gasteiger partial charge in [0.05, 0.1) is 6.10 Å². The van der Waals surface area contributed by atoms with E-state index in [0.29, 0.717) is 0 Å². The van der Waals surface area contributed by atoms with Gasteiger partial charge in [0.1, 0.15) is 0 Å². The van der Waals surface area contributed by atoms with Gasteiger partial charge in [0.15, 0.2) is 0 Å². The zero-order chi connectivity index (χ0) is 9.44. The number of allylic oxidation sites excluding steroid dienone is 1. The van der Waals surface area contributed by atoms with Crippen LogP contribution in [0.15, 0.2) is 11.6 Å². The minimum Gasteiger partial charge on any atom is -0.481 e. The first kappa shape index (κ1) is 12.8. The highest BCUT2D eigenvalue weighted by Gasteiger charge is 1.92. The van der Waals surface area contributed by atoms with Crippen LogP contribution in [0.2, 0.25) is 0 Å². The molecule has 0 aromatic heterocycles. The van der Waals surface area contributed by atoms with Crippen LogP contribution in [0, 0.1) is 0 Å². The van der Waals surface area contributed by atoms with Crippen LogP contribution in [-0.2, 0) is 4.79 Å². The molecule has 0 aromatic carbocycles. The Kier molecular flexibility index (Phi) is 8.48. The minimum atomic E-state index is -0.833. The lowest BCUT2D eigenvalue weighted by Gasteiger charge is -1.99. The van der Waals surface area contributed by atoms with Crippen LogP contribution < -0.4 is 0 Å². The van der Waals surface area contributed by atoms with Crippen LogP contribution in [0.5, 0.6) is 0 Å². The average Bonchev–Trinajstić information content (AvgIpc) is 1.85. The van der Waals surface area contributed by atoms with Gasteiger partial charge in [-0.25, -0.2) is 0 Å². The maximum Gasteiger partial charge on any atom is 0.300 e. The van der Waals surface area contributed by atoms with Crippen LogP contribution in [0.25, 0.3) is 0 Å². The summed E-state index contributed by atoms with van der Waals surface area (Å²) in [6.07, 6.45) is 1.63. The molecule has 0 aliphatic rings. The molecule has 66 valence electrons. The van der Waals surface area contributed by atoms with E-state index in [1.165, 1.54) is 0 Å². The van der Waals surface area contributed by atoms with Crippen LogP contribution in [0.3, 0.4) is 0 Å². The van der Waals surface area contributed by atoms with Crippen molar-refractivity contribution in [2.45, 2.75) is 33.8 Å². The van der Waals surface area contributed by atoms with Crippen LogP contribution >= 0.6 is 0 Å². The van der Waals surface area contributed by atoms with Crippen molar-refractivity contribution in [2.24, 2.45) is 0 Å². The minimum absolute atomic E-state index is 0.273. The molecule has 1 atom stereocenters. The molecule has 0 bridgehead atoms. The highest BCUT2D eigenvalue weighted by molar-refractivity contribution is 5.62. The first-order chi connectivity index (χ1) is 4.91. The first-order valence-corrected chi connectivity index (χ1v) is 3.42. The van der Waals surface area contributed by atoms with E-state index in [9.17, 15) is 0 Å². The lowest BCUT2D eigenvalue weighted by atomic mass is 10.2. The number of hydrogen-bond donors (Lipinski definition) is 2. The highest BCUT2D eigenvalue weighted by atomic mass is 16.4. The molecule has 11 heavy (non-hydrogen) atoms. The number of aliphatic hydroxyl groups is 1. The van der Waals surface area contributed by atoms with E-state index in [2.05, 4.69) is 0 Å². The normalized spacial score (nSPS) is 13.0. The number of hydrogen-bond acceptors (Lipinski definition) is 2. The van der Waals surface area contributed by atoms with Gasteiger partial charge in [-0.15, -0.1) is 0 Å². The van der Waals surface area contributed by atoms with Gasteiger partial charge < -0.3 is 10.2 Å². The Hall–Kier alpha value is -0.830. The number of aliphatic hydroxyl groups excluding tert-OH is 1. The standard InChI is InChI=1S/C6H12O.C2H4O2/c1-4-5(2)6(3)7;1-2(3)4/h4,6-7H,1-3H3;1H3,(H,3,4). The molecular formula is C8H16O3. The quantitative estimate of drug-likeness (QED) is 0.570. The highest BCUT2D eigenvalue weighted by Crippen LogP contribution is 1.96. The van der Waals surface area contributed by atoms with Gasteiger partial charge in [0.25, 0.3) is 5.97 Å². The van der Waals surface area contributed by atoms with E-state index in [-0.39, 0.29) is 6.10 Å². The Labute approximate surface area is 67.4 Å². The molecule has 0 saturated carbocycles. The van der Waals surface area contributed by atoms with Crippen LogP contribution in [0.1, 0.15) is 27.7 Å². The molecule has 0 amide bonds. The van der Waals surface area contributed by atoms with Gasteiger partial charge in [0.2, 0.25) is 0 Å². The lowest BCUT2D eigenvalue weighted by molar-refractivity contribution is -0.134. The number of carboxylic acids is 1. The topological polar surface area (TPSA) is 57.5 Å². The molecule has 0 heterocycles. The van der Waals surface area contributed by atoms with Gasteiger partial charge in [-0.05, 0) is 26.3 Å². The fourth-order valence-corrected chi connectivity index (χ4v) is 0.241. The Morgan fingerprint density at radius 3 is 1.73 bits per heavy atom. The zero-order valence-electron chi connectivity index (χ0n) is 7.46. The van der Waals surface area contributed by atoms with Crippen molar-refractivity contribution < 1.29 is 15.0 Å². The fourth-order valence-electron chi connectivity index (χ4n) is 0.241. The molecule has 0 radical (unpaired) electrons. The third-order valence-corrected chi connectivity index (χ3v) is 1.11. The molecule has 0 aromatic rings. The number of carboxylic acid groups (broad SMARTS) is 1. The second kappa shape index (κ2) is 7.28. The smallest absolute Gasteiger partial charge is 0.300 e. The second-order valence-corrected chi connectivity index (χ2v) is 2.23. The molecule has 1 unspecified atom stereocenters. The van der Waals surface area contributed by atoms with E-state index in [1.807, 2.05) is 19.9 Å². The summed E-state index contributed by atoms with van der Waals surface area (Å²) in [5.74, 6) is -0.833.